The van der Waals surface area contributed by atoms with Gasteiger partial charge in [0.1, 0.15) is 11.4 Å². The fraction of sp³-hybridized carbons (Fsp3) is 0.500. The van der Waals surface area contributed by atoms with Crippen LogP contribution in [-0.4, -0.2) is 58.9 Å². The number of carbonyl (C=O) groups excluding carboxylic acids is 1. The Morgan fingerprint density at radius 1 is 1.50 bits per heavy atom. The van der Waals surface area contributed by atoms with Gasteiger partial charge in [0, 0.05) is 26.8 Å². The average Bonchev–Trinajstić information content (AvgIpc) is 2.36. The molecule has 0 radical (unpaired) electrons. The number of aliphatic hydroxyl groups excluding tert-OH is 1. The molecule has 0 aliphatic rings. The van der Waals surface area contributed by atoms with Gasteiger partial charge in [-0.2, -0.15) is 0 Å². The minimum atomic E-state index is -1.19. The first kappa shape index (κ1) is 14.4. The van der Waals surface area contributed by atoms with E-state index in [2.05, 4.69) is 10.3 Å². The summed E-state index contributed by atoms with van der Waals surface area (Å²) >= 11 is 0. The number of pyridine rings is 1. The summed E-state index contributed by atoms with van der Waals surface area (Å²) in [5.74, 6) is 0.426. The van der Waals surface area contributed by atoms with Gasteiger partial charge in [0.2, 0.25) is 0 Å². The molecule has 1 rings (SSSR count). The highest BCUT2D eigenvalue weighted by Gasteiger charge is 2.18. The number of hydrogen-bond donors (Lipinski definition) is 3. The van der Waals surface area contributed by atoms with E-state index in [1.807, 2.05) is 0 Å². The quantitative estimate of drug-likeness (QED) is 0.684. The van der Waals surface area contributed by atoms with Crippen LogP contribution >= 0.6 is 0 Å². The third-order valence-corrected chi connectivity index (χ3v) is 2.41. The lowest BCUT2D eigenvalue weighted by Crippen LogP contribution is -2.37. The summed E-state index contributed by atoms with van der Waals surface area (Å²) < 4.78 is 0. The third-order valence-electron chi connectivity index (χ3n) is 2.41. The van der Waals surface area contributed by atoms with E-state index >= 15 is 0 Å². The van der Waals surface area contributed by atoms with Crippen LogP contribution in [0.1, 0.15) is 17.3 Å². The van der Waals surface area contributed by atoms with Gasteiger partial charge in [-0.3, -0.25) is 4.79 Å². The van der Waals surface area contributed by atoms with E-state index in [9.17, 15) is 9.90 Å². The van der Waals surface area contributed by atoms with Crippen LogP contribution < -0.4 is 5.32 Å². The van der Waals surface area contributed by atoms with E-state index in [0.717, 1.165) is 0 Å². The molecule has 0 fully saturated rings. The number of nitrogens with zero attached hydrogens (tertiary/aromatic N) is 2. The molecule has 1 atom stereocenters. The fourth-order valence-electron chi connectivity index (χ4n) is 1.22. The molecule has 1 unspecified atom stereocenters. The zero-order valence-corrected chi connectivity index (χ0v) is 10.8. The van der Waals surface area contributed by atoms with E-state index in [-0.39, 0.29) is 19.1 Å². The van der Waals surface area contributed by atoms with Crippen molar-refractivity contribution in [3.05, 3.63) is 23.9 Å². The van der Waals surface area contributed by atoms with Crippen LogP contribution in [0, 0.1) is 0 Å². The van der Waals surface area contributed by atoms with Crippen LogP contribution in [0.2, 0.25) is 0 Å². The van der Waals surface area contributed by atoms with Crippen molar-refractivity contribution in [3.8, 4) is 0 Å². The van der Waals surface area contributed by atoms with Gasteiger partial charge in [0.05, 0.1) is 12.2 Å². The van der Waals surface area contributed by atoms with Gasteiger partial charge in [-0.15, -0.1) is 0 Å². The van der Waals surface area contributed by atoms with Gasteiger partial charge in [-0.1, -0.05) is 0 Å². The fourth-order valence-corrected chi connectivity index (χ4v) is 1.22. The molecule has 0 aliphatic heterocycles. The molecule has 1 aromatic rings. The summed E-state index contributed by atoms with van der Waals surface area (Å²) in [7, 11) is 3.35. The van der Waals surface area contributed by atoms with Gasteiger partial charge in [0.25, 0.3) is 5.91 Å². The predicted molar refractivity (Wildman–Crippen MR) is 68.5 cm³/mol. The highest BCUT2D eigenvalue weighted by molar-refractivity contribution is 5.93. The second-order valence-electron chi connectivity index (χ2n) is 4.64. The Balaban J connectivity index is 2.64. The molecule has 3 N–H and O–H groups in total. The monoisotopic (exact) mass is 253 g/mol. The molecule has 0 saturated carbocycles. The number of carbonyl (C=O) groups is 1. The van der Waals surface area contributed by atoms with Crippen molar-refractivity contribution in [1.29, 1.82) is 0 Å². The van der Waals surface area contributed by atoms with Crippen LogP contribution in [0.15, 0.2) is 18.3 Å². The lowest BCUT2D eigenvalue weighted by atomic mass is 10.1. The van der Waals surface area contributed by atoms with E-state index < -0.39 is 5.60 Å². The number of aromatic nitrogens is 1. The van der Waals surface area contributed by atoms with Crippen molar-refractivity contribution in [1.82, 2.24) is 9.88 Å². The Morgan fingerprint density at radius 2 is 2.17 bits per heavy atom. The summed E-state index contributed by atoms with van der Waals surface area (Å²) in [6.45, 7) is 1.36. The minimum Gasteiger partial charge on any atom is -0.393 e. The summed E-state index contributed by atoms with van der Waals surface area (Å²) in [5, 5.41) is 21.4. The van der Waals surface area contributed by atoms with E-state index in [1.165, 1.54) is 18.0 Å². The van der Waals surface area contributed by atoms with E-state index in [4.69, 9.17) is 5.11 Å². The van der Waals surface area contributed by atoms with Crippen LogP contribution in [0.3, 0.4) is 0 Å². The molecule has 0 bridgehead atoms. The van der Waals surface area contributed by atoms with Crippen molar-refractivity contribution in [2.75, 3.05) is 32.6 Å². The number of nitrogens with one attached hydrogen (secondary N) is 1. The minimum absolute atomic E-state index is 0.114. The van der Waals surface area contributed by atoms with Crippen molar-refractivity contribution in [2.45, 2.75) is 12.5 Å². The first-order valence-electron chi connectivity index (χ1n) is 5.60. The van der Waals surface area contributed by atoms with Gasteiger partial charge < -0.3 is 20.4 Å². The Labute approximate surface area is 106 Å². The van der Waals surface area contributed by atoms with E-state index in [0.29, 0.717) is 11.4 Å². The molecule has 100 valence electrons. The molecule has 1 amide bonds. The molecule has 0 aliphatic carbocycles. The van der Waals surface area contributed by atoms with Crippen LogP contribution in [0.4, 0.5) is 5.82 Å². The Bertz CT molecular complexity index is 402. The molecule has 0 spiro atoms. The molecule has 6 nitrogen and oxygen atoms in total. The first-order valence-corrected chi connectivity index (χ1v) is 5.60. The molecular weight excluding hydrogens is 234 g/mol. The van der Waals surface area contributed by atoms with Gasteiger partial charge in [-0.05, 0) is 19.1 Å². The zero-order chi connectivity index (χ0) is 13.8. The lowest BCUT2D eigenvalue weighted by molar-refractivity contribution is 0.0131. The standard InChI is InChI=1S/C12H19N3O3/c1-12(18,8-16)7-14-10-5-4-9(6-13-10)11(17)15(2)3/h4-6,16,18H,7-8H2,1-3H3,(H,13,14). The number of rotatable bonds is 5. The second-order valence-corrected chi connectivity index (χ2v) is 4.64. The van der Waals surface area contributed by atoms with Gasteiger partial charge >= 0.3 is 0 Å². The predicted octanol–water partition coefficient (Wildman–Crippen LogP) is -0.0614. The number of anilines is 1. The molecule has 0 saturated heterocycles. The molecule has 1 heterocycles. The normalized spacial score (nSPS) is 13.8. The highest BCUT2D eigenvalue weighted by atomic mass is 16.3. The summed E-state index contributed by atoms with van der Waals surface area (Å²) in [5.41, 5.74) is -0.695. The third kappa shape index (κ3) is 3.97. The SMILES string of the molecule is CN(C)C(=O)c1ccc(NCC(C)(O)CO)nc1. The second kappa shape index (κ2) is 5.79. The van der Waals surface area contributed by atoms with Gasteiger partial charge in [-0.25, -0.2) is 4.98 Å². The van der Waals surface area contributed by atoms with Crippen molar-refractivity contribution in [2.24, 2.45) is 0 Å². The molecular formula is C12H19N3O3. The maximum absolute atomic E-state index is 11.6. The number of amides is 1. The summed E-state index contributed by atoms with van der Waals surface area (Å²) in [6.07, 6.45) is 1.47. The van der Waals surface area contributed by atoms with Crippen molar-refractivity contribution < 1.29 is 15.0 Å². The average molecular weight is 253 g/mol. The zero-order valence-electron chi connectivity index (χ0n) is 10.8. The highest BCUT2D eigenvalue weighted by Crippen LogP contribution is 2.09. The van der Waals surface area contributed by atoms with Crippen LogP contribution in [0.5, 0.6) is 0 Å². The van der Waals surface area contributed by atoms with E-state index in [1.54, 1.807) is 26.2 Å². The summed E-state index contributed by atoms with van der Waals surface area (Å²) in [4.78, 5) is 17.2. The number of hydrogen-bond acceptors (Lipinski definition) is 5. The Morgan fingerprint density at radius 3 is 2.61 bits per heavy atom. The lowest BCUT2D eigenvalue weighted by Gasteiger charge is -2.20. The van der Waals surface area contributed by atoms with Crippen LogP contribution in [-0.2, 0) is 0 Å². The molecule has 18 heavy (non-hydrogen) atoms. The van der Waals surface area contributed by atoms with Gasteiger partial charge in [0.15, 0.2) is 0 Å². The first-order chi connectivity index (χ1) is 8.35. The molecule has 1 aromatic heterocycles. The summed E-state index contributed by atoms with van der Waals surface area (Å²) in [6, 6.07) is 3.31. The maximum atomic E-state index is 11.6. The molecule has 0 aromatic carbocycles. The molecule has 6 heteroatoms. The number of aliphatic hydroxyl groups is 2. The Kier molecular flexibility index (Phi) is 4.63. The van der Waals surface area contributed by atoms with Crippen molar-refractivity contribution in [3.63, 3.8) is 0 Å². The maximum Gasteiger partial charge on any atom is 0.254 e. The Hall–Kier alpha value is -1.66. The topological polar surface area (TPSA) is 85.7 Å². The smallest absolute Gasteiger partial charge is 0.254 e. The van der Waals surface area contributed by atoms with Crippen LogP contribution in [0.25, 0.3) is 0 Å². The largest absolute Gasteiger partial charge is 0.393 e. The van der Waals surface area contributed by atoms with Crippen molar-refractivity contribution >= 4 is 11.7 Å².